The molecule has 0 aliphatic carbocycles. The number of nitrogens with one attached hydrogen (secondary N) is 1. The average Bonchev–Trinajstić information content (AvgIpc) is 2.47. The number of imide groups is 1. The van der Waals surface area contributed by atoms with Crippen molar-refractivity contribution in [3.8, 4) is 0 Å². The summed E-state index contributed by atoms with van der Waals surface area (Å²) in [7, 11) is 0. The molecule has 1 aliphatic heterocycles. The maximum absolute atomic E-state index is 12.7. The topological polar surface area (TPSA) is 66.5 Å². The second-order valence-corrected chi connectivity index (χ2v) is 6.00. The Morgan fingerprint density at radius 2 is 2.05 bits per heavy atom. The number of nitrogens with zero attached hydrogens (tertiary/aromatic N) is 1. The molecule has 1 aromatic rings. The largest absolute Gasteiger partial charge is 0.350 e. The van der Waals surface area contributed by atoms with Gasteiger partial charge in [0.1, 0.15) is 12.4 Å². The molecule has 112 valence electrons. The molecule has 21 heavy (non-hydrogen) atoms. The van der Waals surface area contributed by atoms with Crippen LogP contribution in [0.4, 0.5) is 4.39 Å². The van der Waals surface area contributed by atoms with Gasteiger partial charge in [-0.25, -0.2) is 4.39 Å². The van der Waals surface area contributed by atoms with Gasteiger partial charge in [-0.15, -0.1) is 11.8 Å². The van der Waals surface area contributed by atoms with Crippen LogP contribution in [0.25, 0.3) is 0 Å². The Kier molecular flexibility index (Phi) is 4.95. The number of hydrogen-bond acceptors (Lipinski definition) is 4. The Morgan fingerprint density at radius 1 is 1.38 bits per heavy atom. The van der Waals surface area contributed by atoms with Crippen molar-refractivity contribution in [2.45, 2.75) is 18.7 Å². The van der Waals surface area contributed by atoms with E-state index in [1.54, 1.807) is 19.1 Å². The summed E-state index contributed by atoms with van der Waals surface area (Å²) in [4.78, 5) is 36.3. The van der Waals surface area contributed by atoms with Crippen LogP contribution in [0.2, 0.25) is 0 Å². The highest BCUT2D eigenvalue weighted by Gasteiger charge is 2.33. The molecule has 1 atom stereocenters. The number of hydrogen-bond donors (Lipinski definition) is 1. The number of carbonyl (C=O) groups is 3. The van der Waals surface area contributed by atoms with Crippen LogP contribution in [0, 0.1) is 5.82 Å². The van der Waals surface area contributed by atoms with E-state index < -0.39 is 5.91 Å². The molecule has 0 saturated carbocycles. The van der Waals surface area contributed by atoms with E-state index in [9.17, 15) is 18.8 Å². The Morgan fingerprint density at radius 3 is 2.71 bits per heavy atom. The third kappa shape index (κ3) is 4.04. The third-order valence-electron chi connectivity index (χ3n) is 3.08. The van der Waals surface area contributed by atoms with Crippen molar-refractivity contribution in [2.24, 2.45) is 0 Å². The first-order valence-corrected chi connectivity index (χ1v) is 7.49. The fourth-order valence-electron chi connectivity index (χ4n) is 1.86. The van der Waals surface area contributed by atoms with Crippen LogP contribution in [0.15, 0.2) is 24.3 Å². The number of halogens is 1. The van der Waals surface area contributed by atoms with E-state index in [2.05, 4.69) is 5.32 Å². The summed E-state index contributed by atoms with van der Waals surface area (Å²) < 4.78 is 12.7. The first-order chi connectivity index (χ1) is 9.97. The first kappa shape index (κ1) is 15.5. The van der Waals surface area contributed by atoms with Gasteiger partial charge < -0.3 is 5.32 Å². The molecular formula is C14H15FN2O3S. The molecular weight excluding hydrogens is 295 g/mol. The summed E-state index contributed by atoms with van der Waals surface area (Å²) in [6.07, 6.45) is 0. The standard InChI is InChI=1S/C14H15FN2O3S/c1-9-14(20)17(13(19)8-21-9)7-12(18)16-6-10-2-4-11(15)5-3-10/h2-5,9H,6-8H2,1H3,(H,16,18)/t9-/m0/s1. The smallest absolute Gasteiger partial charge is 0.242 e. The Hall–Kier alpha value is -1.89. The molecule has 0 bridgehead atoms. The summed E-state index contributed by atoms with van der Waals surface area (Å²) in [6.45, 7) is 1.66. The van der Waals surface area contributed by atoms with Crippen LogP contribution >= 0.6 is 11.8 Å². The third-order valence-corrected chi connectivity index (χ3v) is 4.19. The molecule has 0 spiro atoms. The van der Waals surface area contributed by atoms with E-state index in [4.69, 9.17) is 0 Å². The SMILES string of the molecule is C[C@@H]1SCC(=O)N(CC(=O)NCc2ccc(F)cc2)C1=O. The quantitative estimate of drug-likeness (QED) is 0.840. The van der Waals surface area contributed by atoms with Crippen molar-refractivity contribution in [3.05, 3.63) is 35.6 Å². The van der Waals surface area contributed by atoms with E-state index in [-0.39, 0.29) is 41.7 Å². The summed E-state index contributed by atoms with van der Waals surface area (Å²) in [5.41, 5.74) is 0.741. The van der Waals surface area contributed by atoms with Crippen LogP contribution in [0.3, 0.4) is 0 Å². The number of thioether (sulfide) groups is 1. The second kappa shape index (κ2) is 6.71. The van der Waals surface area contributed by atoms with Gasteiger partial charge >= 0.3 is 0 Å². The van der Waals surface area contributed by atoms with Gasteiger partial charge in [-0.3, -0.25) is 19.3 Å². The zero-order valence-corrected chi connectivity index (χ0v) is 12.3. The Balaban J connectivity index is 1.87. The zero-order valence-electron chi connectivity index (χ0n) is 11.5. The van der Waals surface area contributed by atoms with Crippen LogP contribution in [0.1, 0.15) is 12.5 Å². The molecule has 1 N–H and O–H groups in total. The van der Waals surface area contributed by atoms with Crippen LogP contribution in [-0.2, 0) is 20.9 Å². The minimum atomic E-state index is -0.417. The minimum Gasteiger partial charge on any atom is -0.350 e. The molecule has 1 heterocycles. The summed E-state index contributed by atoms with van der Waals surface area (Å²) in [6, 6.07) is 5.73. The normalized spacial score (nSPS) is 18.8. The maximum atomic E-state index is 12.7. The molecule has 3 amide bonds. The monoisotopic (exact) mass is 310 g/mol. The highest BCUT2D eigenvalue weighted by molar-refractivity contribution is 8.01. The van der Waals surface area contributed by atoms with E-state index >= 15 is 0 Å². The highest BCUT2D eigenvalue weighted by atomic mass is 32.2. The minimum absolute atomic E-state index is 0.206. The van der Waals surface area contributed by atoms with Crippen LogP contribution in [-0.4, -0.2) is 40.2 Å². The molecule has 1 aliphatic rings. The van der Waals surface area contributed by atoms with Crippen molar-refractivity contribution in [3.63, 3.8) is 0 Å². The predicted molar refractivity (Wildman–Crippen MR) is 76.9 cm³/mol. The Labute approximate surface area is 125 Å². The van der Waals surface area contributed by atoms with E-state index in [0.717, 1.165) is 10.5 Å². The van der Waals surface area contributed by atoms with Crippen LogP contribution < -0.4 is 5.32 Å². The molecule has 0 unspecified atom stereocenters. The average molecular weight is 310 g/mol. The van der Waals surface area contributed by atoms with E-state index in [0.29, 0.717) is 0 Å². The highest BCUT2D eigenvalue weighted by Crippen LogP contribution is 2.19. The molecule has 5 nitrogen and oxygen atoms in total. The van der Waals surface area contributed by atoms with Gasteiger partial charge in [0.15, 0.2) is 0 Å². The summed E-state index contributed by atoms with van der Waals surface area (Å²) in [5, 5.41) is 2.29. The number of carbonyl (C=O) groups excluding carboxylic acids is 3. The summed E-state index contributed by atoms with van der Waals surface area (Å²) >= 11 is 1.27. The molecule has 2 rings (SSSR count). The lowest BCUT2D eigenvalue weighted by molar-refractivity contribution is -0.146. The fourth-order valence-corrected chi connectivity index (χ4v) is 2.67. The van der Waals surface area contributed by atoms with Crippen molar-refractivity contribution < 1.29 is 18.8 Å². The maximum Gasteiger partial charge on any atom is 0.242 e. The number of amides is 3. The van der Waals surface area contributed by atoms with Gasteiger partial charge in [0.05, 0.1) is 11.0 Å². The molecule has 1 saturated heterocycles. The second-order valence-electron chi connectivity index (χ2n) is 4.67. The lowest BCUT2D eigenvalue weighted by Gasteiger charge is -2.27. The lowest BCUT2D eigenvalue weighted by Crippen LogP contribution is -2.50. The number of rotatable bonds is 4. The van der Waals surface area contributed by atoms with Gasteiger partial charge in [0, 0.05) is 6.54 Å². The first-order valence-electron chi connectivity index (χ1n) is 6.44. The van der Waals surface area contributed by atoms with Crippen molar-refractivity contribution in [1.29, 1.82) is 0 Å². The molecule has 1 aromatic carbocycles. The molecule has 7 heteroatoms. The van der Waals surface area contributed by atoms with E-state index in [1.807, 2.05) is 0 Å². The van der Waals surface area contributed by atoms with Crippen molar-refractivity contribution in [2.75, 3.05) is 12.3 Å². The molecule has 1 fully saturated rings. The van der Waals surface area contributed by atoms with Gasteiger partial charge in [0.2, 0.25) is 17.7 Å². The van der Waals surface area contributed by atoms with Crippen LogP contribution in [0.5, 0.6) is 0 Å². The van der Waals surface area contributed by atoms with Crippen molar-refractivity contribution >= 4 is 29.5 Å². The summed E-state index contributed by atoms with van der Waals surface area (Å²) in [5.74, 6) is -1.24. The van der Waals surface area contributed by atoms with Gasteiger partial charge in [-0.1, -0.05) is 12.1 Å². The Bertz CT molecular complexity index is 562. The zero-order chi connectivity index (χ0) is 15.4. The van der Waals surface area contributed by atoms with Gasteiger partial charge in [0.25, 0.3) is 0 Å². The number of benzene rings is 1. The lowest BCUT2D eigenvalue weighted by atomic mass is 10.2. The predicted octanol–water partition coefficient (Wildman–Crippen LogP) is 0.932. The molecule has 0 radical (unpaired) electrons. The molecule has 0 aromatic heterocycles. The van der Waals surface area contributed by atoms with Crippen molar-refractivity contribution in [1.82, 2.24) is 10.2 Å². The van der Waals surface area contributed by atoms with Gasteiger partial charge in [-0.2, -0.15) is 0 Å². The van der Waals surface area contributed by atoms with E-state index in [1.165, 1.54) is 23.9 Å². The van der Waals surface area contributed by atoms with Gasteiger partial charge in [-0.05, 0) is 24.6 Å². The fraction of sp³-hybridized carbons (Fsp3) is 0.357.